The Morgan fingerprint density at radius 2 is 1.68 bits per heavy atom. The van der Waals surface area contributed by atoms with Gasteiger partial charge in [-0.1, -0.05) is 43.3 Å². The second kappa shape index (κ2) is 4.23. The summed E-state index contributed by atoms with van der Waals surface area (Å²) in [7, 11) is 0. The van der Waals surface area contributed by atoms with Gasteiger partial charge >= 0.3 is 0 Å². The molecule has 0 spiro atoms. The number of benzene rings is 2. The van der Waals surface area contributed by atoms with Crippen LogP contribution in [0.25, 0.3) is 11.1 Å². The van der Waals surface area contributed by atoms with Crippen molar-refractivity contribution in [2.45, 2.75) is 44.9 Å². The molecule has 0 saturated heterocycles. The first-order valence-corrected chi connectivity index (χ1v) is 7.57. The van der Waals surface area contributed by atoms with Crippen molar-refractivity contribution in [3.63, 3.8) is 0 Å². The molecule has 2 aromatic rings. The fraction of sp³-hybridized carbons (Fsp3) is 0.368. The molecule has 0 fully saturated rings. The van der Waals surface area contributed by atoms with Crippen molar-refractivity contribution >= 4 is 0 Å². The number of aryl methyl sites for hydroxylation is 1. The van der Waals surface area contributed by atoms with Gasteiger partial charge in [-0.2, -0.15) is 0 Å². The van der Waals surface area contributed by atoms with Gasteiger partial charge in [0.2, 0.25) is 0 Å². The topological polar surface area (TPSA) is 0 Å². The third-order valence-electron chi connectivity index (χ3n) is 4.90. The maximum atomic E-state index is 2.41. The van der Waals surface area contributed by atoms with Crippen LogP contribution >= 0.6 is 0 Å². The molecule has 0 bridgehead atoms. The van der Waals surface area contributed by atoms with E-state index in [1.54, 1.807) is 16.7 Å². The van der Waals surface area contributed by atoms with Gasteiger partial charge in [-0.3, -0.25) is 0 Å². The number of rotatable bonds is 0. The van der Waals surface area contributed by atoms with Gasteiger partial charge in [0.1, 0.15) is 0 Å². The Morgan fingerprint density at radius 1 is 0.842 bits per heavy atom. The summed E-state index contributed by atoms with van der Waals surface area (Å²) in [5.74, 6) is 0.679. The summed E-state index contributed by atoms with van der Waals surface area (Å²) in [6, 6.07) is 13.7. The van der Waals surface area contributed by atoms with Crippen LogP contribution in [0.4, 0.5) is 0 Å². The van der Waals surface area contributed by atoms with Crippen molar-refractivity contribution in [3.05, 3.63) is 58.7 Å². The van der Waals surface area contributed by atoms with Gasteiger partial charge in [0.25, 0.3) is 0 Å². The van der Waals surface area contributed by atoms with E-state index >= 15 is 0 Å². The Morgan fingerprint density at radius 3 is 2.63 bits per heavy atom. The minimum Gasteiger partial charge on any atom is -0.0620 e. The molecule has 0 unspecified atom stereocenters. The first-order chi connectivity index (χ1) is 9.34. The molecular weight excluding hydrogens is 228 g/mol. The average molecular weight is 248 g/mol. The third-order valence-corrected chi connectivity index (χ3v) is 4.90. The van der Waals surface area contributed by atoms with E-state index in [4.69, 9.17) is 0 Å². The Bertz CT molecular complexity index is 636. The van der Waals surface area contributed by atoms with Gasteiger partial charge in [0.15, 0.2) is 0 Å². The standard InChI is InChI=1S/C19H20/c1-13-12-15-7-3-4-8-16(15)18-11-10-14-6-2-5-9-17(14)19(13)18/h3-4,7-8,10-11,13H,2,5-6,9,12H2,1H3/t13-/m0/s1. The summed E-state index contributed by atoms with van der Waals surface area (Å²) in [5, 5.41) is 0. The average Bonchev–Trinajstić information content (AvgIpc) is 2.46. The van der Waals surface area contributed by atoms with Crippen LogP contribution in [0.3, 0.4) is 0 Å². The first-order valence-electron chi connectivity index (χ1n) is 7.57. The normalized spacial score (nSPS) is 20.4. The molecule has 0 radical (unpaired) electrons. The van der Waals surface area contributed by atoms with Crippen LogP contribution < -0.4 is 0 Å². The van der Waals surface area contributed by atoms with Crippen LogP contribution in [0.5, 0.6) is 0 Å². The lowest BCUT2D eigenvalue weighted by atomic mass is 9.74. The quantitative estimate of drug-likeness (QED) is 0.622. The largest absolute Gasteiger partial charge is 0.0620 e. The smallest absolute Gasteiger partial charge is 0.0141 e. The lowest BCUT2D eigenvalue weighted by molar-refractivity contribution is 0.657. The van der Waals surface area contributed by atoms with Crippen LogP contribution in [0.2, 0.25) is 0 Å². The zero-order valence-electron chi connectivity index (χ0n) is 11.6. The predicted octanol–water partition coefficient (Wildman–Crippen LogP) is 4.89. The second-order valence-corrected chi connectivity index (χ2v) is 6.13. The molecule has 2 aromatic carbocycles. The van der Waals surface area contributed by atoms with E-state index in [-0.39, 0.29) is 0 Å². The summed E-state index contributed by atoms with van der Waals surface area (Å²) in [6.45, 7) is 2.41. The van der Waals surface area contributed by atoms with E-state index < -0.39 is 0 Å². The minimum absolute atomic E-state index is 0.679. The molecule has 4 rings (SSSR count). The van der Waals surface area contributed by atoms with E-state index in [0.29, 0.717) is 5.92 Å². The zero-order chi connectivity index (χ0) is 12.8. The van der Waals surface area contributed by atoms with Crippen molar-refractivity contribution < 1.29 is 0 Å². The lowest BCUT2D eigenvalue weighted by Gasteiger charge is -2.31. The highest BCUT2D eigenvalue weighted by Gasteiger charge is 2.26. The Labute approximate surface area is 115 Å². The molecule has 96 valence electrons. The Balaban J connectivity index is 1.99. The van der Waals surface area contributed by atoms with Crippen LogP contribution in [-0.4, -0.2) is 0 Å². The van der Waals surface area contributed by atoms with Crippen LogP contribution in [0.15, 0.2) is 36.4 Å². The fourth-order valence-electron chi connectivity index (χ4n) is 4.05. The highest BCUT2D eigenvalue weighted by atomic mass is 14.3. The Hall–Kier alpha value is -1.56. The fourth-order valence-corrected chi connectivity index (χ4v) is 4.05. The van der Waals surface area contributed by atoms with Crippen LogP contribution in [0, 0.1) is 0 Å². The van der Waals surface area contributed by atoms with Gasteiger partial charge in [-0.25, -0.2) is 0 Å². The molecule has 0 heteroatoms. The molecule has 0 nitrogen and oxygen atoms in total. The maximum absolute atomic E-state index is 2.41. The summed E-state index contributed by atoms with van der Waals surface area (Å²) >= 11 is 0. The first kappa shape index (κ1) is 11.3. The number of fused-ring (bicyclic) bond motifs is 5. The van der Waals surface area contributed by atoms with Gasteiger partial charge in [0.05, 0.1) is 0 Å². The summed E-state index contributed by atoms with van der Waals surface area (Å²) in [4.78, 5) is 0. The molecule has 2 aliphatic rings. The van der Waals surface area contributed by atoms with Crippen molar-refractivity contribution in [3.8, 4) is 11.1 Å². The molecule has 0 aliphatic heterocycles. The van der Waals surface area contributed by atoms with E-state index in [9.17, 15) is 0 Å². The second-order valence-electron chi connectivity index (χ2n) is 6.13. The van der Waals surface area contributed by atoms with Crippen molar-refractivity contribution in [1.82, 2.24) is 0 Å². The SMILES string of the molecule is C[C@H]1Cc2ccccc2-c2ccc3c(c21)CCCC3. The van der Waals surface area contributed by atoms with Crippen molar-refractivity contribution in [2.24, 2.45) is 0 Å². The summed E-state index contributed by atoms with van der Waals surface area (Å²) in [6.07, 6.45) is 6.54. The monoisotopic (exact) mass is 248 g/mol. The number of hydrogen-bond donors (Lipinski definition) is 0. The minimum atomic E-state index is 0.679. The predicted molar refractivity (Wildman–Crippen MR) is 80.6 cm³/mol. The summed E-state index contributed by atoms with van der Waals surface area (Å²) in [5.41, 5.74) is 9.48. The highest BCUT2D eigenvalue weighted by molar-refractivity contribution is 5.76. The van der Waals surface area contributed by atoms with Crippen molar-refractivity contribution in [2.75, 3.05) is 0 Å². The van der Waals surface area contributed by atoms with Crippen LogP contribution in [-0.2, 0) is 19.3 Å². The number of hydrogen-bond acceptors (Lipinski definition) is 0. The van der Waals surface area contributed by atoms with E-state index in [2.05, 4.69) is 43.3 Å². The molecule has 0 N–H and O–H groups in total. The molecular formula is C19H20. The van der Waals surface area contributed by atoms with Crippen LogP contribution in [0.1, 0.15) is 47.9 Å². The van der Waals surface area contributed by atoms with Gasteiger partial charge in [-0.05, 0) is 71.4 Å². The highest BCUT2D eigenvalue weighted by Crippen LogP contribution is 2.43. The molecule has 0 amide bonds. The van der Waals surface area contributed by atoms with Crippen molar-refractivity contribution in [1.29, 1.82) is 0 Å². The lowest BCUT2D eigenvalue weighted by Crippen LogP contribution is -2.15. The molecule has 2 aliphatic carbocycles. The van der Waals surface area contributed by atoms with Gasteiger partial charge in [-0.15, -0.1) is 0 Å². The zero-order valence-corrected chi connectivity index (χ0v) is 11.6. The van der Waals surface area contributed by atoms with Gasteiger partial charge < -0.3 is 0 Å². The summed E-state index contributed by atoms with van der Waals surface area (Å²) < 4.78 is 0. The van der Waals surface area contributed by atoms with E-state index in [1.165, 1.54) is 48.8 Å². The van der Waals surface area contributed by atoms with E-state index in [1.807, 2.05) is 0 Å². The third kappa shape index (κ3) is 1.66. The van der Waals surface area contributed by atoms with Gasteiger partial charge in [0, 0.05) is 0 Å². The molecule has 0 heterocycles. The molecule has 0 saturated carbocycles. The Kier molecular flexibility index (Phi) is 2.51. The molecule has 0 aromatic heterocycles. The maximum Gasteiger partial charge on any atom is -0.0141 e. The van der Waals surface area contributed by atoms with E-state index in [0.717, 1.165) is 0 Å². The molecule has 19 heavy (non-hydrogen) atoms. The molecule has 1 atom stereocenters.